The van der Waals surface area contributed by atoms with Gasteiger partial charge < -0.3 is 5.73 Å². The van der Waals surface area contributed by atoms with Gasteiger partial charge in [-0.05, 0) is 59.9 Å². The molecule has 0 aliphatic rings. The Morgan fingerprint density at radius 2 is 2.17 bits per heavy atom. The molecule has 2 rings (SSSR count). The number of unbranched alkanes of at least 4 members (excludes halogenated alkanes) is 1. The molecular weight excluding hydrogens is 316 g/mol. The summed E-state index contributed by atoms with van der Waals surface area (Å²) in [4.78, 5) is 0. The molecule has 4 nitrogen and oxygen atoms in total. The van der Waals surface area contributed by atoms with Crippen LogP contribution >= 0.6 is 27.5 Å². The minimum absolute atomic E-state index is 0.689. The highest BCUT2D eigenvalue weighted by atomic mass is 79.9. The molecule has 96 valence electrons. The monoisotopic (exact) mass is 328 g/mol. The first-order chi connectivity index (χ1) is 8.70. The van der Waals surface area contributed by atoms with Gasteiger partial charge in [0, 0.05) is 9.50 Å². The van der Waals surface area contributed by atoms with Crippen molar-refractivity contribution < 1.29 is 0 Å². The van der Waals surface area contributed by atoms with Crippen LogP contribution in [0.4, 0.5) is 0 Å². The van der Waals surface area contributed by atoms with Crippen LogP contribution in [0.2, 0.25) is 5.02 Å². The average molecular weight is 330 g/mol. The zero-order valence-corrected chi connectivity index (χ0v) is 12.2. The Kier molecular flexibility index (Phi) is 4.74. The third-order valence-electron chi connectivity index (χ3n) is 2.58. The normalized spacial score (nSPS) is 10.8. The van der Waals surface area contributed by atoms with E-state index in [1.165, 1.54) is 0 Å². The van der Waals surface area contributed by atoms with Crippen molar-refractivity contribution in [1.29, 1.82) is 0 Å². The lowest BCUT2D eigenvalue weighted by Crippen LogP contribution is -1.99. The molecular formula is C12H14BrClN4. The lowest BCUT2D eigenvalue weighted by Gasteiger charge is -2.03. The molecule has 1 heterocycles. The Morgan fingerprint density at radius 3 is 2.89 bits per heavy atom. The van der Waals surface area contributed by atoms with E-state index in [4.69, 9.17) is 17.3 Å². The van der Waals surface area contributed by atoms with Gasteiger partial charge in [0.05, 0.1) is 17.6 Å². The van der Waals surface area contributed by atoms with Crippen LogP contribution in [0, 0.1) is 0 Å². The van der Waals surface area contributed by atoms with Gasteiger partial charge >= 0.3 is 0 Å². The number of halogens is 2. The van der Waals surface area contributed by atoms with Crippen molar-refractivity contribution in [3.05, 3.63) is 39.6 Å². The molecule has 18 heavy (non-hydrogen) atoms. The highest BCUT2D eigenvalue weighted by molar-refractivity contribution is 9.10. The van der Waals surface area contributed by atoms with Crippen molar-refractivity contribution in [2.45, 2.75) is 19.3 Å². The summed E-state index contributed by atoms with van der Waals surface area (Å²) in [5.74, 6) is 0. The predicted molar refractivity (Wildman–Crippen MR) is 76.1 cm³/mol. The van der Waals surface area contributed by atoms with Gasteiger partial charge in [-0.15, -0.1) is 5.10 Å². The second kappa shape index (κ2) is 6.31. The Balaban J connectivity index is 2.13. The van der Waals surface area contributed by atoms with Gasteiger partial charge in [0.2, 0.25) is 0 Å². The van der Waals surface area contributed by atoms with Crippen LogP contribution in [0.1, 0.15) is 18.5 Å². The van der Waals surface area contributed by atoms with E-state index >= 15 is 0 Å². The van der Waals surface area contributed by atoms with Gasteiger partial charge in [0.15, 0.2) is 0 Å². The summed E-state index contributed by atoms with van der Waals surface area (Å²) < 4.78 is 2.64. The first kappa shape index (κ1) is 13.5. The summed E-state index contributed by atoms with van der Waals surface area (Å²) >= 11 is 9.37. The fourth-order valence-corrected chi connectivity index (χ4v) is 2.51. The molecule has 1 aromatic heterocycles. The molecule has 0 aliphatic carbocycles. The zero-order valence-electron chi connectivity index (χ0n) is 9.81. The average Bonchev–Trinajstić information content (AvgIpc) is 2.78. The van der Waals surface area contributed by atoms with Crippen LogP contribution in [0.5, 0.6) is 0 Å². The Labute approximate surface area is 119 Å². The van der Waals surface area contributed by atoms with Gasteiger partial charge in [0.1, 0.15) is 0 Å². The van der Waals surface area contributed by atoms with Gasteiger partial charge in [0.25, 0.3) is 0 Å². The standard InChI is InChI=1S/C12H14BrClN4/c13-11-7-9(14)4-5-12(11)18-8-10(16-17-18)3-1-2-6-15/h4-5,7-8H,1-3,6,15H2. The van der Waals surface area contributed by atoms with Crippen LogP contribution < -0.4 is 5.73 Å². The molecule has 0 saturated carbocycles. The van der Waals surface area contributed by atoms with Crippen LogP contribution in [0.15, 0.2) is 28.9 Å². The molecule has 0 spiro atoms. The topological polar surface area (TPSA) is 56.7 Å². The highest BCUT2D eigenvalue weighted by Gasteiger charge is 2.06. The second-order valence-corrected chi connectivity index (χ2v) is 5.29. The van der Waals surface area contributed by atoms with Gasteiger partial charge in [-0.3, -0.25) is 0 Å². The largest absolute Gasteiger partial charge is 0.330 e. The number of rotatable bonds is 5. The van der Waals surface area contributed by atoms with E-state index in [1.54, 1.807) is 4.68 Å². The molecule has 0 radical (unpaired) electrons. The first-order valence-corrected chi connectivity index (χ1v) is 6.94. The molecule has 0 amide bonds. The summed E-state index contributed by atoms with van der Waals surface area (Å²) in [5, 5.41) is 8.95. The summed E-state index contributed by atoms with van der Waals surface area (Å²) in [5.41, 5.74) is 7.37. The van der Waals surface area contributed by atoms with Crippen molar-refractivity contribution in [3.63, 3.8) is 0 Å². The number of hydrogen-bond donors (Lipinski definition) is 1. The molecule has 0 fully saturated rings. The SMILES string of the molecule is NCCCCc1cn(-c2ccc(Cl)cc2Br)nn1. The molecule has 0 aliphatic heterocycles. The summed E-state index contributed by atoms with van der Waals surface area (Å²) in [6.45, 7) is 0.719. The summed E-state index contributed by atoms with van der Waals surface area (Å²) in [6.07, 6.45) is 4.89. The number of nitrogens with two attached hydrogens (primary N) is 1. The quantitative estimate of drug-likeness (QED) is 0.858. The van der Waals surface area contributed by atoms with E-state index in [9.17, 15) is 0 Å². The lowest BCUT2D eigenvalue weighted by atomic mass is 10.2. The minimum Gasteiger partial charge on any atom is -0.330 e. The fourth-order valence-electron chi connectivity index (χ4n) is 1.65. The van der Waals surface area contributed by atoms with Crippen molar-refractivity contribution in [3.8, 4) is 5.69 Å². The Bertz CT molecular complexity index is 527. The van der Waals surface area contributed by atoms with Gasteiger partial charge in [-0.2, -0.15) is 0 Å². The molecule has 2 N–H and O–H groups in total. The summed E-state index contributed by atoms with van der Waals surface area (Å²) in [7, 11) is 0. The number of benzene rings is 1. The predicted octanol–water partition coefficient (Wildman–Crippen LogP) is 2.96. The second-order valence-electron chi connectivity index (χ2n) is 4.00. The first-order valence-electron chi connectivity index (χ1n) is 5.77. The van der Waals surface area contributed by atoms with Gasteiger partial charge in [-0.1, -0.05) is 16.8 Å². The zero-order chi connectivity index (χ0) is 13.0. The number of nitrogens with zero attached hydrogens (tertiary/aromatic N) is 3. The lowest BCUT2D eigenvalue weighted by molar-refractivity contribution is 0.727. The minimum atomic E-state index is 0.689. The van der Waals surface area contributed by atoms with Crippen LogP contribution in [0.25, 0.3) is 5.69 Å². The molecule has 1 aromatic carbocycles. The molecule has 6 heteroatoms. The van der Waals surface area contributed by atoms with Crippen molar-refractivity contribution in [1.82, 2.24) is 15.0 Å². The highest BCUT2D eigenvalue weighted by Crippen LogP contribution is 2.24. The molecule has 0 bridgehead atoms. The maximum atomic E-state index is 5.91. The van der Waals surface area contributed by atoms with E-state index in [0.29, 0.717) is 5.02 Å². The van der Waals surface area contributed by atoms with Crippen molar-refractivity contribution >= 4 is 27.5 Å². The van der Waals surface area contributed by atoms with E-state index < -0.39 is 0 Å². The van der Waals surface area contributed by atoms with E-state index in [2.05, 4.69) is 26.2 Å². The third kappa shape index (κ3) is 3.31. The number of hydrogen-bond acceptors (Lipinski definition) is 3. The van der Waals surface area contributed by atoms with E-state index in [-0.39, 0.29) is 0 Å². The number of aryl methyl sites for hydroxylation is 1. The molecule has 0 unspecified atom stereocenters. The van der Waals surface area contributed by atoms with Crippen molar-refractivity contribution in [2.24, 2.45) is 5.73 Å². The van der Waals surface area contributed by atoms with Crippen LogP contribution in [0.3, 0.4) is 0 Å². The maximum Gasteiger partial charge on any atom is 0.0831 e. The molecule has 0 saturated heterocycles. The van der Waals surface area contributed by atoms with Gasteiger partial charge in [-0.25, -0.2) is 4.68 Å². The maximum absolute atomic E-state index is 5.91. The van der Waals surface area contributed by atoms with Crippen LogP contribution in [-0.4, -0.2) is 21.5 Å². The fraction of sp³-hybridized carbons (Fsp3) is 0.333. The van der Waals surface area contributed by atoms with Crippen LogP contribution in [-0.2, 0) is 6.42 Å². The molecule has 0 atom stereocenters. The smallest absolute Gasteiger partial charge is 0.0831 e. The van der Waals surface area contributed by atoms with Crippen molar-refractivity contribution in [2.75, 3.05) is 6.54 Å². The Morgan fingerprint density at radius 1 is 1.33 bits per heavy atom. The molecule has 2 aromatic rings. The third-order valence-corrected chi connectivity index (χ3v) is 3.45. The van der Waals surface area contributed by atoms with E-state index in [0.717, 1.165) is 41.7 Å². The number of aromatic nitrogens is 3. The summed E-state index contributed by atoms with van der Waals surface area (Å²) in [6, 6.07) is 5.58. The Hall–Kier alpha value is -0.910. The van der Waals surface area contributed by atoms with E-state index in [1.807, 2.05) is 24.4 Å².